The van der Waals surface area contributed by atoms with Crippen molar-refractivity contribution in [2.24, 2.45) is 15.8 Å². The summed E-state index contributed by atoms with van der Waals surface area (Å²) in [6, 6.07) is 65.5. The Morgan fingerprint density at radius 1 is 0.549 bits per heavy atom. The summed E-state index contributed by atoms with van der Waals surface area (Å²) in [5.41, 5.74) is 13.1. The van der Waals surface area contributed by atoms with Crippen LogP contribution >= 0.6 is 0 Å². The van der Waals surface area contributed by atoms with Gasteiger partial charge in [0.2, 0.25) is 0 Å². The normalized spacial score (nSPS) is 17.7. The molecule has 2 saturated heterocycles. The highest BCUT2D eigenvalue weighted by atomic mass is 19.1. The largest absolute Gasteiger partial charge is 0.384 e. The van der Waals surface area contributed by atoms with Gasteiger partial charge in [-0.3, -0.25) is 34.3 Å². The third-order valence-corrected chi connectivity index (χ3v) is 18.5. The molecule has 91 heavy (non-hydrogen) atoms. The molecule has 0 bridgehead atoms. The number of piperidine rings is 2. The molecule has 11 nitrogen and oxygen atoms in total. The number of rotatable bonds is 20. The van der Waals surface area contributed by atoms with Gasteiger partial charge in [-0.1, -0.05) is 140 Å². The molecule has 0 spiro atoms. The highest BCUT2D eigenvalue weighted by Crippen LogP contribution is 2.45. The fourth-order valence-electron chi connectivity index (χ4n) is 14.5. The van der Waals surface area contributed by atoms with E-state index in [1.165, 1.54) is 12.1 Å². The Kier molecular flexibility index (Phi) is 18.9. The van der Waals surface area contributed by atoms with Gasteiger partial charge < -0.3 is 9.47 Å². The molecule has 3 aromatic heterocycles. The molecule has 2 fully saturated rings. The monoisotopic (exact) mass is 1210 g/mol. The van der Waals surface area contributed by atoms with E-state index < -0.39 is 5.54 Å². The molecule has 462 valence electrons. The molecule has 3 aliphatic heterocycles. The van der Waals surface area contributed by atoms with Gasteiger partial charge in [-0.15, -0.1) is 0 Å². The van der Waals surface area contributed by atoms with Gasteiger partial charge in [-0.25, -0.2) is 13.5 Å². The number of pyridine rings is 2. The molecule has 13 rings (SSSR count). The Morgan fingerprint density at radius 3 is 1.53 bits per heavy atom. The maximum atomic E-state index is 14.8. The molecule has 3 aliphatic rings. The van der Waals surface area contributed by atoms with Crippen LogP contribution in [0.2, 0.25) is 0 Å². The van der Waals surface area contributed by atoms with Gasteiger partial charge in [0.05, 0.1) is 44.1 Å². The minimum Gasteiger partial charge on any atom is -0.384 e. The molecule has 0 saturated carbocycles. The lowest BCUT2D eigenvalue weighted by molar-refractivity contribution is 0.0123. The number of aromatic nitrogens is 4. The average molecular weight is 1210 g/mol. The summed E-state index contributed by atoms with van der Waals surface area (Å²) in [6.45, 7) is 9.20. The number of hydrogen-bond acceptors (Lipinski definition) is 10. The first-order valence-corrected chi connectivity index (χ1v) is 31.6. The third-order valence-electron chi connectivity index (χ3n) is 18.5. The average Bonchev–Trinajstić information content (AvgIpc) is 1.66. The molecule has 0 aliphatic carbocycles. The number of ether oxygens (including phenoxy) is 2. The van der Waals surface area contributed by atoms with E-state index in [-0.39, 0.29) is 40.6 Å². The number of aliphatic imine (C=N–C) groups is 1. The zero-order valence-electron chi connectivity index (χ0n) is 52.3. The number of nitrogens with zero attached hydrogens (tertiary/aromatic N) is 7. The second-order valence-corrected chi connectivity index (χ2v) is 25.1. The summed E-state index contributed by atoms with van der Waals surface area (Å²) >= 11 is 0. The molecule has 2 unspecified atom stereocenters. The quantitative estimate of drug-likeness (QED) is 0.0543. The summed E-state index contributed by atoms with van der Waals surface area (Å²) in [5, 5.41) is 6.41. The Morgan fingerprint density at radius 2 is 1.02 bits per heavy atom. The Balaban J connectivity index is 0.000000192. The van der Waals surface area contributed by atoms with Crippen molar-refractivity contribution < 1.29 is 27.8 Å². The summed E-state index contributed by atoms with van der Waals surface area (Å²) < 4.78 is 42.7. The van der Waals surface area contributed by atoms with Gasteiger partial charge >= 0.3 is 0 Å². The first kappa shape index (κ1) is 62.2. The molecule has 0 radical (unpaired) electrons. The van der Waals surface area contributed by atoms with Crippen molar-refractivity contribution >= 4 is 28.2 Å². The maximum Gasteiger partial charge on any atom is 0.176 e. The van der Waals surface area contributed by atoms with Gasteiger partial charge in [-0.05, 0) is 160 Å². The van der Waals surface area contributed by atoms with Crippen molar-refractivity contribution in [3.8, 4) is 11.3 Å². The van der Waals surface area contributed by atoms with Crippen molar-refractivity contribution in [1.29, 1.82) is 0 Å². The minimum atomic E-state index is -0.843. The lowest BCUT2D eigenvalue weighted by Crippen LogP contribution is -2.48. The molecule has 7 aromatic carbocycles. The summed E-state index contributed by atoms with van der Waals surface area (Å²) in [4.78, 5) is 45.7. The number of halogens is 2. The van der Waals surface area contributed by atoms with E-state index in [1.54, 1.807) is 32.5 Å². The number of aryl methyl sites for hydroxylation is 2. The number of hydrogen-bond donors (Lipinski definition) is 0. The standard InChI is InChI=1S/C48H45FN4O2.C30H32FN3O2/c1-35-29-37(25-27-50-35)46-42-30-36(45(54)32-52-28-14-26-47(33-52,34-55-2)31-38-15-12-13-22-43(38)49)23-24-44(42)53(51-46)48(39-16-6-3-7-17-39,40-18-8-4-9-19-40)41-20-10-5-11-21-41;1-21-14-23(10-12-32-21)29-26-15-22(8-9-25(26)17-33-29)28(35)18-34-13-5-11-30(19-34,20-36-2)16-24-6-3-4-7-27(24)31/h3-13,15-25,27,29-30H,14,26,28,31-34H2,1-2H3;3-4,6-10,12,14-15H,5,11,13,16-20H2,1-2H3. The number of fused-ring (bicyclic) bond motifs is 2. The fraction of sp³-hybridized carbons (Fsp3) is 0.282. The van der Waals surface area contributed by atoms with Crippen LogP contribution in [0.3, 0.4) is 0 Å². The van der Waals surface area contributed by atoms with E-state index in [0.717, 1.165) is 111 Å². The van der Waals surface area contributed by atoms with Crippen LogP contribution in [0.4, 0.5) is 8.78 Å². The van der Waals surface area contributed by atoms with Crippen molar-refractivity contribution in [1.82, 2.24) is 29.5 Å². The molecular formula is C78H77F2N7O4. The van der Waals surface area contributed by atoms with Gasteiger partial charge in [0, 0.05) is 95.1 Å². The lowest BCUT2D eigenvalue weighted by atomic mass is 9.75. The second-order valence-electron chi connectivity index (χ2n) is 25.1. The Labute approximate surface area is 532 Å². The van der Waals surface area contributed by atoms with Gasteiger partial charge in [0.25, 0.3) is 0 Å². The molecular weight excluding hydrogens is 1140 g/mol. The second kappa shape index (κ2) is 27.6. The maximum absolute atomic E-state index is 14.8. The van der Waals surface area contributed by atoms with Gasteiger partial charge in [-0.2, -0.15) is 5.10 Å². The van der Waals surface area contributed by atoms with E-state index in [9.17, 15) is 18.4 Å². The highest BCUT2D eigenvalue weighted by Gasteiger charge is 2.42. The van der Waals surface area contributed by atoms with Crippen molar-refractivity contribution in [3.63, 3.8) is 0 Å². The van der Waals surface area contributed by atoms with E-state index in [4.69, 9.17) is 19.6 Å². The van der Waals surface area contributed by atoms with E-state index in [2.05, 4.69) is 109 Å². The Bertz CT molecular complexity index is 4130. The molecule has 2 atom stereocenters. The topological polar surface area (TPSA) is 115 Å². The number of Topliss-reactive ketones (excluding diaryl/α,β-unsaturated/α-hetero) is 2. The fourth-order valence-corrected chi connectivity index (χ4v) is 14.5. The summed E-state index contributed by atoms with van der Waals surface area (Å²) in [5.74, 6) is -0.252. The zero-order chi connectivity index (χ0) is 63.0. The van der Waals surface area contributed by atoms with Crippen LogP contribution in [-0.4, -0.2) is 114 Å². The molecule has 0 N–H and O–H groups in total. The number of carbonyl (C=O) groups excluding carboxylic acids is 2. The number of likely N-dealkylation sites (tertiary alicyclic amines) is 2. The van der Waals surface area contributed by atoms with Crippen LogP contribution < -0.4 is 0 Å². The third kappa shape index (κ3) is 13.4. The SMILES string of the molecule is COCC1(Cc2ccccc2F)CCCN(CC(=O)c2ccc3c(c2)C(c2ccnc(C)c2)=NC3)C1.COCC1(Cc2ccccc2F)CCCN(CC(=O)c2ccc3c(c2)c(-c2ccnc(C)c2)nn3C(c2ccccc2)(c2ccccc2)c2ccccc2)C1. The summed E-state index contributed by atoms with van der Waals surface area (Å²) in [6.07, 6.45) is 8.48. The van der Waals surface area contributed by atoms with Crippen LogP contribution in [0.1, 0.15) is 102 Å². The summed E-state index contributed by atoms with van der Waals surface area (Å²) in [7, 11) is 3.40. The van der Waals surface area contributed by atoms with Crippen LogP contribution in [0, 0.1) is 36.3 Å². The lowest BCUT2D eigenvalue weighted by Gasteiger charge is -2.42. The Hall–Kier alpha value is -8.98. The molecule has 13 heteroatoms. The van der Waals surface area contributed by atoms with Gasteiger partial charge in [0.1, 0.15) is 22.9 Å². The molecule has 10 aromatic rings. The zero-order valence-corrected chi connectivity index (χ0v) is 52.3. The van der Waals surface area contributed by atoms with Crippen molar-refractivity contribution in [3.05, 3.63) is 291 Å². The first-order chi connectivity index (χ1) is 44.4. The van der Waals surface area contributed by atoms with Crippen LogP contribution in [0.25, 0.3) is 22.2 Å². The van der Waals surface area contributed by atoms with Crippen molar-refractivity contribution in [2.75, 3.05) is 66.7 Å². The van der Waals surface area contributed by atoms with E-state index >= 15 is 0 Å². The smallest absolute Gasteiger partial charge is 0.176 e. The van der Waals surface area contributed by atoms with Crippen LogP contribution in [0.15, 0.2) is 218 Å². The first-order valence-electron chi connectivity index (χ1n) is 31.6. The minimum absolute atomic E-state index is 0.0334. The van der Waals surface area contributed by atoms with Crippen LogP contribution in [0.5, 0.6) is 0 Å². The number of methoxy groups -OCH3 is 2. The highest BCUT2D eigenvalue weighted by molar-refractivity contribution is 6.16. The number of benzene rings is 7. The van der Waals surface area contributed by atoms with E-state index in [0.29, 0.717) is 74.5 Å². The predicted octanol–water partition coefficient (Wildman–Crippen LogP) is 14.6. The van der Waals surface area contributed by atoms with Gasteiger partial charge in [0.15, 0.2) is 11.6 Å². The number of carbonyl (C=O) groups is 2. The molecule has 0 amide bonds. The number of ketones is 2. The van der Waals surface area contributed by atoms with Crippen LogP contribution in [-0.2, 0) is 34.4 Å². The molecule has 6 heterocycles. The van der Waals surface area contributed by atoms with Crippen molar-refractivity contribution in [2.45, 2.75) is 64.5 Å². The van der Waals surface area contributed by atoms with E-state index in [1.807, 2.05) is 111 Å². The predicted molar refractivity (Wildman–Crippen MR) is 356 cm³/mol.